The molecule has 0 saturated heterocycles. The van der Waals surface area contributed by atoms with E-state index < -0.39 is 0 Å². The summed E-state index contributed by atoms with van der Waals surface area (Å²) in [5.74, 6) is 1.07. The Labute approximate surface area is 122 Å². The minimum absolute atomic E-state index is 1.07. The van der Waals surface area contributed by atoms with Crippen molar-refractivity contribution < 1.29 is 0 Å². The minimum atomic E-state index is 1.07. The largest absolute Gasteiger partial charge is 0.360 e. The Hall–Kier alpha value is -1.83. The maximum atomic E-state index is 4.45. The van der Waals surface area contributed by atoms with Crippen LogP contribution >= 0.6 is 0 Å². The highest BCUT2D eigenvalue weighted by molar-refractivity contribution is 5.37. The van der Waals surface area contributed by atoms with Crippen LogP contribution in [0, 0.1) is 6.92 Å². The summed E-state index contributed by atoms with van der Waals surface area (Å²) in [6.45, 7) is 3.14. The molecule has 0 amide bonds. The number of aryl methyl sites for hydroxylation is 2. The Balaban J connectivity index is 1.64. The molecule has 20 heavy (non-hydrogen) atoms. The van der Waals surface area contributed by atoms with E-state index in [9.17, 15) is 0 Å². The summed E-state index contributed by atoms with van der Waals surface area (Å²) >= 11 is 0. The van der Waals surface area contributed by atoms with Crippen molar-refractivity contribution in [2.45, 2.75) is 32.6 Å². The topological polar surface area (TPSA) is 16.1 Å². The quantitative estimate of drug-likeness (QED) is 0.698. The zero-order valence-corrected chi connectivity index (χ0v) is 12.5. The van der Waals surface area contributed by atoms with Gasteiger partial charge in [-0.3, -0.25) is 0 Å². The summed E-state index contributed by atoms with van der Waals surface area (Å²) in [4.78, 5) is 6.69. The molecule has 0 bridgehead atoms. The van der Waals surface area contributed by atoms with E-state index in [0.717, 1.165) is 12.4 Å². The molecule has 2 nitrogen and oxygen atoms in total. The van der Waals surface area contributed by atoms with Crippen molar-refractivity contribution in [1.82, 2.24) is 4.98 Å². The third-order valence-corrected chi connectivity index (χ3v) is 3.59. The highest BCUT2D eigenvalue weighted by Crippen LogP contribution is 2.11. The van der Waals surface area contributed by atoms with E-state index in [1.165, 1.54) is 36.8 Å². The van der Waals surface area contributed by atoms with Gasteiger partial charge in [-0.15, -0.1) is 0 Å². The lowest BCUT2D eigenvalue weighted by molar-refractivity contribution is 0.669. The molecular weight excluding hydrogens is 244 g/mol. The number of rotatable bonds is 7. The van der Waals surface area contributed by atoms with Gasteiger partial charge in [-0.25, -0.2) is 4.98 Å². The van der Waals surface area contributed by atoms with Gasteiger partial charge in [0.05, 0.1) is 0 Å². The average molecular weight is 268 g/mol. The van der Waals surface area contributed by atoms with Crippen LogP contribution in [0.1, 0.15) is 30.4 Å². The van der Waals surface area contributed by atoms with Gasteiger partial charge in [0.2, 0.25) is 0 Å². The van der Waals surface area contributed by atoms with E-state index in [2.05, 4.69) is 66.3 Å². The lowest BCUT2D eigenvalue weighted by atomic mass is 10.1. The van der Waals surface area contributed by atoms with Gasteiger partial charge in [0.25, 0.3) is 0 Å². The molecule has 0 N–H and O–H groups in total. The molecule has 1 aromatic heterocycles. The fourth-order valence-electron chi connectivity index (χ4n) is 2.30. The fraction of sp³-hybridized carbons (Fsp3) is 0.389. The number of benzene rings is 1. The standard InChI is InChI=1S/C18H24N2/c1-16-12-13-18(19-15-16)20(2)14-8-4-7-11-17-9-5-3-6-10-17/h3,5-6,9-10,12-13,15H,4,7-8,11,14H2,1-2H3. The van der Waals surface area contributed by atoms with Crippen LogP contribution in [0.15, 0.2) is 48.7 Å². The van der Waals surface area contributed by atoms with Gasteiger partial charge in [-0.05, 0) is 43.4 Å². The van der Waals surface area contributed by atoms with E-state index in [0.29, 0.717) is 0 Å². The zero-order valence-electron chi connectivity index (χ0n) is 12.5. The van der Waals surface area contributed by atoms with Crippen molar-refractivity contribution in [3.8, 4) is 0 Å². The summed E-state index contributed by atoms with van der Waals surface area (Å²) in [6, 6.07) is 14.9. The second-order valence-electron chi connectivity index (χ2n) is 5.41. The van der Waals surface area contributed by atoms with Crippen LogP contribution in [-0.2, 0) is 6.42 Å². The molecule has 1 heterocycles. The minimum Gasteiger partial charge on any atom is -0.360 e. The van der Waals surface area contributed by atoms with E-state index >= 15 is 0 Å². The third kappa shape index (κ3) is 4.69. The van der Waals surface area contributed by atoms with Gasteiger partial charge in [-0.1, -0.05) is 42.8 Å². The van der Waals surface area contributed by atoms with Gasteiger partial charge < -0.3 is 4.90 Å². The molecule has 0 unspecified atom stereocenters. The Morgan fingerprint density at radius 1 is 0.950 bits per heavy atom. The van der Waals surface area contributed by atoms with Crippen molar-refractivity contribution in [1.29, 1.82) is 0 Å². The van der Waals surface area contributed by atoms with Crippen molar-refractivity contribution in [2.24, 2.45) is 0 Å². The molecule has 2 aromatic rings. The summed E-state index contributed by atoms with van der Waals surface area (Å²) in [5, 5.41) is 0. The van der Waals surface area contributed by atoms with E-state index in [-0.39, 0.29) is 0 Å². The number of unbranched alkanes of at least 4 members (excludes halogenated alkanes) is 2. The smallest absolute Gasteiger partial charge is 0.128 e. The maximum absolute atomic E-state index is 4.45. The molecule has 0 radical (unpaired) electrons. The van der Waals surface area contributed by atoms with Crippen LogP contribution in [0.4, 0.5) is 5.82 Å². The first kappa shape index (κ1) is 14.6. The molecule has 0 fully saturated rings. The van der Waals surface area contributed by atoms with Crippen LogP contribution in [0.25, 0.3) is 0 Å². The van der Waals surface area contributed by atoms with E-state index in [1.54, 1.807) is 0 Å². The molecule has 106 valence electrons. The predicted molar refractivity (Wildman–Crippen MR) is 86.2 cm³/mol. The SMILES string of the molecule is Cc1ccc(N(C)CCCCCc2ccccc2)nc1. The number of anilines is 1. The Morgan fingerprint density at radius 3 is 2.45 bits per heavy atom. The molecule has 0 spiro atoms. The predicted octanol–water partition coefficient (Wildman–Crippen LogP) is 4.24. The molecule has 0 aliphatic heterocycles. The lowest BCUT2D eigenvalue weighted by Crippen LogP contribution is -2.19. The Bertz CT molecular complexity index is 491. The van der Waals surface area contributed by atoms with Gasteiger partial charge in [0.15, 0.2) is 0 Å². The summed E-state index contributed by atoms with van der Waals surface area (Å²) in [5.41, 5.74) is 2.66. The third-order valence-electron chi connectivity index (χ3n) is 3.59. The van der Waals surface area contributed by atoms with Gasteiger partial charge in [0.1, 0.15) is 5.82 Å². The number of hydrogen-bond donors (Lipinski definition) is 0. The zero-order chi connectivity index (χ0) is 14.2. The molecule has 0 saturated carbocycles. The van der Waals surface area contributed by atoms with Crippen LogP contribution in [-0.4, -0.2) is 18.6 Å². The summed E-state index contributed by atoms with van der Waals surface area (Å²) in [7, 11) is 2.12. The lowest BCUT2D eigenvalue weighted by Gasteiger charge is -2.18. The number of pyridine rings is 1. The van der Waals surface area contributed by atoms with Crippen LogP contribution in [0.5, 0.6) is 0 Å². The van der Waals surface area contributed by atoms with Gasteiger partial charge in [-0.2, -0.15) is 0 Å². The maximum Gasteiger partial charge on any atom is 0.128 e. The van der Waals surface area contributed by atoms with Crippen molar-refractivity contribution >= 4 is 5.82 Å². The fourth-order valence-corrected chi connectivity index (χ4v) is 2.30. The highest BCUT2D eigenvalue weighted by atomic mass is 15.2. The Morgan fingerprint density at radius 2 is 1.75 bits per heavy atom. The molecule has 2 rings (SSSR count). The van der Waals surface area contributed by atoms with Crippen LogP contribution in [0.2, 0.25) is 0 Å². The molecule has 0 aliphatic rings. The number of nitrogens with zero attached hydrogens (tertiary/aromatic N) is 2. The molecule has 1 aromatic carbocycles. The summed E-state index contributed by atoms with van der Waals surface area (Å²) < 4.78 is 0. The van der Waals surface area contributed by atoms with Crippen LogP contribution in [0.3, 0.4) is 0 Å². The first-order valence-corrected chi connectivity index (χ1v) is 7.43. The van der Waals surface area contributed by atoms with Crippen molar-refractivity contribution in [2.75, 3.05) is 18.5 Å². The van der Waals surface area contributed by atoms with Crippen LogP contribution < -0.4 is 4.90 Å². The van der Waals surface area contributed by atoms with Crippen molar-refractivity contribution in [3.63, 3.8) is 0 Å². The molecule has 0 atom stereocenters. The van der Waals surface area contributed by atoms with E-state index in [1.807, 2.05) is 6.20 Å². The normalized spacial score (nSPS) is 10.5. The molecule has 0 aliphatic carbocycles. The second-order valence-corrected chi connectivity index (χ2v) is 5.41. The first-order chi connectivity index (χ1) is 9.75. The average Bonchev–Trinajstić information content (AvgIpc) is 2.48. The van der Waals surface area contributed by atoms with Gasteiger partial charge >= 0.3 is 0 Å². The molecule has 2 heteroatoms. The number of hydrogen-bond acceptors (Lipinski definition) is 2. The first-order valence-electron chi connectivity index (χ1n) is 7.43. The summed E-state index contributed by atoms with van der Waals surface area (Å²) in [6.07, 6.45) is 6.87. The van der Waals surface area contributed by atoms with Gasteiger partial charge in [0, 0.05) is 19.8 Å². The monoisotopic (exact) mass is 268 g/mol. The number of aromatic nitrogens is 1. The molecular formula is C18H24N2. The van der Waals surface area contributed by atoms with Crippen molar-refractivity contribution in [3.05, 3.63) is 59.8 Å². The van der Waals surface area contributed by atoms with E-state index in [4.69, 9.17) is 0 Å². The Kier molecular flexibility index (Phi) is 5.60. The second kappa shape index (κ2) is 7.68. The highest BCUT2D eigenvalue weighted by Gasteiger charge is 2.01.